The number of nitrogens with one attached hydrogen (secondary N) is 1. The van der Waals surface area contributed by atoms with Gasteiger partial charge in [-0.05, 0) is 19.2 Å². The first kappa shape index (κ1) is 11.9. The molecule has 5 nitrogen and oxygen atoms in total. The van der Waals surface area contributed by atoms with Crippen LogP contribution in [0.1, 0.15) is 6.92 Å². The van der Waals surface area contributed by atoms with Crippen LogP contribution in [0.5, 0.6) is 0 Å². The molecule has 0 aromatic carbocycles. The lowest BCUT2D eigenvalue weighted by atomic mass is 10.4. The highest BCUT2D eigenvalue weighted by atomic mass is 32.2. The zero-order valence-electron chi connectivity index (χ0n) is 8.93. The summed E-state index contributed by atoms with van der Waals surface area (Å²) in [6.07, 6.45) is 3.70. The minimum absolute atomic E-state index is 0.0420. The number of aromatic nitrogens is 2. The van der Waals surface area contributed by atoms with Gasteiger partial charge in [-0.3, -0.25) is 9.48 Å². The molecule has 1 aromatic heterocycles. The Balaban J connectivity index is 2.36. The maximum absolute atomic E-state index is 11.5. The summed E-state index contributed by atoms with van der Waals surface area (Å²) in [6, 6.07) is 1.85. The summed E-state index contributed by atoms with van der Waals surface area (Å²) in [7, 11) is 0. The molecule has 0 saturated carbocycles. The van der Waals surface area contributed by atoms with E-state index in [1.54, 1.807) is 24.0 Å². The minimum Gasteiger partial charge on any atom is -0.382 e. The van der Waals surface area contributed by atoms with Gasteiger partial charge in [0.25, 0.3) is 0 Å². The molecule has 0 aliphatic heterocycles. The number of carbonyl (C=O) groups excluding carboxylic acids is 1. The summed E-state index contributed by atoms with van der Waals surface area (Å²) >= 11 is 1.70. The van der Waals surface area contributed by atoms with Crippen molar-refractivity contribution in [2.75, 3.05) is 17.7 Å². The highest BCUT2D eigenvalue weighted by Crippen LogP contribution is 1.98. The molecule has 6 heteroatoms. The van der Waals surface area contributed by atoms with Crippen LogP contribution in [0.2, 0.25) is 0 Å². The maximum Gasteiger partial charge on any atom is 0.241 e. The normalized spacial score (nSPS) is 12.4. The summed E-state index contributed by atoms with van der Waals surface area (Å²) in [5.74, 6) is 1.30. The van der Waals surface area contributed by atoms with Gasteiger partial charge in [-0.25, -0.2) is 0 Å². The van der Waals surface area contributed by atoms with Crippen molar-refractivity contribution in [3.05, 3.63) is 12.3 Å². The van der Waals surface area contributed by atoms with Gasteiger partial charge in [0.05, 0.1) is 0 Å². The first-order valence-electron chi connectivity index (χ1n) is 4.69. The average molecular weight is 228 g/mol. The number of nitrogens with two attached hydrogens (primary N) is 1. The highest BCUT2D eigenvalue weighted by molar-refractivity contribution is 7.98. The largest absolute Gasteiger partial charge is 0.382 e. The molecule has 1 aromatic rings. The maximum atomic E-state index is 11.5. The number of hydrogen-bond acceptors (Lipinski definition) is 4. The molecule has 0 spiro atoms. The number of amides is 1. The van der Waals surface area contributed by atoms with Crippen LogP contribution in [0.25, 0.3) is 0 Å². The third kappa shape index (κ3) is 4.24. The molecule has 0 bridgehead atoms. The fourth-order valence-electron chi connectivity index (χ4n) is 1.22. The Kier molecular flexibility index (Phi) is 4.48. The Bertz CT molecular complexity index is 326. The lowest BCUT2D eigenvalue weighted by molar-refractivity contribution is -0.122. The van der Waals surface area contributed by atoms with Gasteiger partial charge in [-0.2, -0.15) is 16.9 Å². The molecule has 1 amide bonds. The fourth-order valence-corrected chi connectivity index (χ4v) is 1.81. The molecule has 0 radical (unpaired) electrons. The molecular formula is C9H16N4OS. The lowest BCUT2D eigenvalue weighted by Gasteiger charge is -2.12. The van der Waals surface area contributed by atoms with E-state index in [4.69, 9.17) is 5.73 Å². The van der Waals surface area contributed by atoms with E-state index >= 15 is 0 Å². The molecule has 1 unspecified atom stereocenters. The summed E-state index contributed by atoms with van der Waals surface area (Å²) in [4.78, 5) is 11.5. The number of nitrogens with zero attached hydrogens (tertiary/aromatic N) is 2. The zero-order chi connectivity index (χ0) is 11.3. The number of thioether (sulfide) groups is 1. The third-order valence-electron chi connectivity index (χ3n) is 1.79. The SMILES string of the molecule is CSCC(C)NC(=O)Cn1ccc(N)n1. The van der Waals surface area contributed by atoms with Gasteiger partial charge in [-0.1, -0.05) is 0 Å². The first-order chi connectivity index (χ1) is 7.11. The Labute approximate surface area is 93.4 Å². The van der Waals surface area contributed by atoms with Gasteiger partial charge in [0.2, 0.25) is 5.91 Å². The monoisotopic (exact) mass is 228 g/mol. The highest BCUT2D eigenvalue weighted by Gasteiger charge is 2.07. The second kappa shape index (κ2) is 5.65. The van der Waals surface area contributed by atoms with Crippen molar-refractivity contribution in [3.8, 4) is 0 Å². The van der Waals surface area contributed by atoms with Gasteiger partial charge >= 0.3 is 0 Å². The number of carbonyl (C=O) groups is 1. The predicted octanol–water partition coefficient (Wildman–Crippen LogP) is 0.333. The quantitative estimate of drug-likeness (QED) is 0.762. The van der Waals surface area contributed by atoms with Crippen molar-refractivity contribution in [1.29, 1.82) is 0 Å². The van der Waals surface area contributed by atoms with Crippen LogP contribution >= 0.6 is 11.8 Å². The van der Waals surface area contributed by atoms with E-state index in [9.17, 15) is 4.79 Å². The molecule has 3 N–H and O–H groups in total. The first-order valence-corrected chi connectivity index (χ1v) is 6.08. The van der Waals surface area contributed by atoms with Crippen molar-refractivity contribution in [2.45, 2.75) is 19.5 Å². The molecule has 0 aliphatic rings. The molecule has 1 heterocycles. The Morgan fingerprint density at radius 1 is 1.80 bits per heavy atom. The standard InChI is InChI=1S/C9H16N4OS/c1-7(6-15-2)11-9(14)5-13-4-3-8(10)12-13/h3-4,7H,5-6H2,1-2H3,(H2,10,12)(H,11,14). The molecule has 1 rings (SSSR count). The fraction of sp³-hybridized carbons (Fsp3) is 0.556. The zero-order valence-corrected chi connectivity index (χ0v) is 9.75. The van der Waals surface area contributed by atoms with E-state index < -0.39 is 0 Å². The van der Waals surface area contributed by atoms with E-state index in [0.717, 1.165) is 5.75 Å². The van der Waals surface area contributed by atoms with Gasteiger partial charge in [-0.15, -0.1) is 0 Å². The van der Waals surface area contributed by atoms with Crippen LogP contribution in [0.15, 0.2) is 12.3 Å². The van der Waals surface area contributed by atoms with E-state index in [2.05, 4.69) is 10.4 Å². The van der Waals surface area contributed by atoms with E-state index in [1.165, 1.54) is 4.68 Å². The van der Waals surface area contributed by atoms with Crippen molar-refractivity contribution in [3.63, 3.8) is 0 Å². The average Bonchev–Trinajstić information content (AvgIpc) is 2.51. The predicted molar refractivity (Wildman–Crippen MR) is 62.6 cm³/mol. The van der Waals surface area contributed by atoms with Gasteiger partial charge in [0.15, 0.2) is 0 Å². The van der Waals surface area contributed by atoms with Crippen LogP contribution in [0.3, 0.4) is 0 Å². The molecule has 84 valence electrons. The second-order valence-corrected chi connectivity index (χ2v) is 4.27. The van der Waals surface area contributed by atoms with E-state index in [0.29, 0.717) is 5.82 Å². The molecule has 1 atom stereocenters. The summed E-state index contributed by atoms with van der Waals surface area (Å²) < 4.78 is 1.52. The van der Waals surface area contributed by atoms with Crippen LogP contribution in [-0.4, -0.2) is 33.7 Å². The second-order valence-electron chi connectivity index (χ2n) is 3.36. The van der Waals surface area contributed by atoms with Gasteiger partial charge < -0.3 is 11.1 Å². The topological polar surface area (TPSA) is 72.9 Å². The van der Waals surface area contributed by atoms with Gasteiger partial charge in [0, 0.05) is 18.0 Å². The van der Waals surface area contributed by atoms with Crippen LogP contribution in [0.4, 0.5) is 5.82 Å². The van der Waals surface area contributed by atoms with E-state index in [-0.39, 0.29) is 18.5 Å². The van der Waals surface area contributed by atoms with E-state index in [1.807, 2.05) is 13.2 Å². The molecule has 0 fully saturated rings. The van der Waals surface area contributed by atoms with Crippen LogP contribution in [0, 0.1) is 0 Å². The van der Waals surface area contributed by atoms with Crippen molar-refractivity contribution < 1.29 is 4.79 Å². The number of rotatable bonds is 5. The number of hydrogen-bond donors (Lipinski definition) is 2. The lowest BCUT2D eigenvalue weighted by Crippen LogP contribution is -2.36. The summed E-state index contributed by atoms with van der Waals surface area (Å²) in [5.41, 5.74) is 5.44. The molecule has 15 heavy (non-hydrogen) atoms. The smallest absolute Gasteiger partial charge is 0.241 e. The van der Waals surface area contributed by atoms with Crippen LogP contribution < -0.4 is 11.1 Å². The van der Waals surface area contributed by atoms with Crippen molar-refractivity contribution >= 4 is 23.5 Å². The Hall–Kier alpha value is -1.17. The summed E-state index contributed by atoms with van der Waals surface area (Å²) in [5, 5.41) is 6.81. The molecule has 0 saturated heterocycles. The Morgan fingerprint density at radius 2 is 2.53 bits per heavy atom. The van der Waals surface area contributed by atoms with Crippen LogP contribution in [-0.2, 0) is 11.3 Å². The van der Waals surface area contributed by atoms with Gasteiger partial charge in [0.1, 0.15) is 12.4 Å². The third-order valence-corrected chi connectivity index (χ3v) is 2.62. The summed E-state index contributed by atoms with van der Waals surface area (Å²) in [6.45, 7) is 2.20. The van der Waals surface area contributed by atoms with Crippen molar-refractivity contribution in [1.82, 2.24) is 15.1 Å². The molecular weight excluding hydrogens is 212 g/mol. The Morgan fingerprint density at radius 3 is 3.07 bits per heavy atom. The molecule has 0 aliphatic carbocycles. The van der Waals surface area contributed by atoms with Crippen molar-refractivity contribution in [2.24, 2.45) is 0 Å². The minimum atomic E-state index is -0.0420. The number of anilines is 1. The number of nitrogen functional groups attached to an aromatic ring is 1.